The predicted molar refractivity (Wildman–Crippen MR) is 129 cm³/mol. The molecule has 0 aliphatic heterocycles. The fourth-order valence-corrected chi connectivity index (χ4v) is 3.87. The lowest BCUT2D eigenvalue weighted by atomic mass is 9.98. The molecule has 2 heterocycles. The first-order chi connectivity index (χ1) is 16.5. The molecule has 34 heavy (non-hydrogen) atoms. The normalized spacial score (nSPS) is 11.3. The van der Waals surface area contributed by atoms with Gasteiger partial charge in [-0.3, -0.25) is 9.36 Å². The van der Waals surface area contributed by atoms with Crippen molar-refractivity contribution < 1.29 is 4.79 Å². The van der Waals surface area contributed by atoms with Gasteiger partial charge in [0.05, 0.1) is 6.54 Å². The van der Waals surface area contributed by atoms with Crippen LogP contribution in [-0.4, -0.2) is 40.9 Å². The monoisotopic (exact) mass is 459 g/mol. The molecule has 0 spiro atoms. The van der Waals surface area contributed by atoms with E-state index in [1.54, 1.807) is 4.57 Å². The molecule has 176 valence electrons. The molecule has 0 aliphatic carbocycles. The molecular formula is C25H29N7O2. The zero-order valence-corrected chi connectivity index (χ0v) is 19.7. The van der Waals surface area contributed by atoms with Crippen molar-refractivity contribution in [2.75, 3.05) is 0 Å². The highest BCUT2D eigenvalue weighted by Crippen LogP contribution is 2.29. The van der Waals surface area contributed by atoms with Gasteiger partial charge in [0.25, 0.3) is 5.91 Å². The van der Waals surface area contributed by atoms with Gasteiger partial charge in [-0.15, -0.1) is 14.9 Å². The van der Waals surface area contributed by atoms with Crippen molar-refractivity contribution in [3.05, 3.63) is 70.4 Å². The molecule has 0 fully saturated rings. The Morgan fingerprint density at radius 1 is 1.06 bits per heavy atom. The van der Waals surface area contributed by atoms with Crippen LogP contribution in [0.1, 0.15) is 56.2 Å². The van der Waals surface area contributed by atoms with E-state index in [1.165, 1.54) is 0 Å². The van der Waals surface area contributed by atoms with Gasteiger partial charge in [0.15, 0.2) is 5.82 Å². The van der Waals surface area contributed by atoms with Gasteiger partial charge < -0.3 is 0 Å². The molecule has 2 aromatic heterocycles. The maximum atomic E-state index is 13.0. The maximum absolute atomic E-state index is 13.0. The summed E-state index contributed by atoms with van der Waals surface area (Å²) in [4.78, 5) is 25.5. The number of carbonyl (C=O) groups excluding carboxylic acids is 1. The first-order valence-electron chi connectivity index (χ1n) is 11.6. The summed E-state index contributed by atoms with van der Waals surface area (Å²) in [5.74, 6) is 1.46. The Morgan fingerprint density at radius 3 is 2.44 bits per heavy atom. The molecule has 2 aromatic carbocycles. The van der Waals surface area contributed by atoms with Crippen LogP contribution < -0.4 is 5.69 Å². The van der Waals surface area contributed by atoms with Gasteiger partial charge in [-0.1, -0.05) is 69.3 Å². The third kappa shape index (κ3) is 5.03. The van der Waals surface area contributed by atoms with Crippen molar-refractivity contribution in [2.24, 2.45) is 5.92 Å². The molecule has 9 heteroatoms. The summed E-state index contributed by atoms with van der Waals surface area (Å²) < 4.78 is 2.66. The number of rotatable bonds is 9. The smallest absolute Gasteiger partial charge is 0.274 e. The first-order valence-corrected chi connectivity index (χ1v) is 11.6. The zero-order valence-electron chi connectivity index (χ0n) is 19.7. The molecule has 0 saturated heterocycles. The van der Waals surface area contributed by atoms with Crippen LogP contribution in [0.2, 0.25) is 0 Å². The molecule has 0 radical (unpaired) electrons. The predicted octanol–water partition coefficient (Wildman–Crippen LogP) is 3.97. The summed E-state index contributed by atoms with van der Waals surface area (Å²) >= 11 is 0. The Labute approximate surface area is 197 Å². The highest BCUT2D eigenvalue weighted by molar-refractivity contribution is 5.80. The van der Waals surface area contributed by atoms with Gasteiger partial charge in [0, 0.05) is 18.4 Å². The molecule has 9 nitrogen and oxygen atoms in total. The highest BCUT2D eigenvalue weighted by Gasteiger charge is 2.18. The van der Waals surface area contributed by atoms with E-state index in [1.807, 2.05) is 55.5 Å². The molecule has 0 aliphatic rings. The third-order valence-electron chi connectivity index (χ3n) is 5.72. The van der Waals surface area contributed by atoms with Crippen molar-refractivity contribution in [1.82, 2.24) is 35.0 Å². The third-order valence-corrected chi connectivity index (χ3v) is 5.72. The second-order valence-corrected chi connectivity index (χ2v) is 8.77. The number of carbonyl (C=O) groups is 1. The Kier molecular flexibility index (Phi) is 7.10. The van der Waals surface area contributed by atoms with Gasteiger partial charge in [-0.2, -0.15) is 0 Å². The highest BCUT2D eigenvalue weighted by atomic mass is 16.2. The van der Waals surface area contributed by atoms with Gasteiger partial charge in [0.1, 0.15) is 5.82 Å². The second-order valence-electron chi connectivity index (χ2n) is 8.77. The molecule has 1 N–H and O–H groups in total. The quantitative estimate of drug-likeness (QED) is 0.405. The summed E-state index contributed by atoms with van der Waals surface area (Å²) in [6, 6.07) is 15.9. The van der Waals surface area contributed by atoms with Crippen molar-refractivity contribution in [2.45, 2.75) is 53.0 Å². The lowest BCUT2D eigenvalue weighted by molar-refractivity contribution is 0.0880. The van der Waals surface area contributed by atoms with Crippen LogP contribution in [0.15, 0.2) is 53.3 Å². The molecule has 0 saturated carbocycles. The minimum Gasteiger partial charge on any atom is -0.274 e. The number of nitrogens with one attached hydrogen (secondary N) is 1. The lowest BCUT2D eigenvalue weighted by Gasteiger charge is -2.10. The fourth-order valence-electron chi connectivity index (χ4n) is 3.87. The number of hydrogen-bond donors (Lipinski definition) is 1. The minimum atomic E-state index is -0.371. The van der Waals surface area contributed by atoms with Gasteiger partial charge in [-0.25, -0.2) is 9.89 Å². The number of tetrazole rings is 1. The Balaban J connectivity index is 1.63. The summed E-state index contributed by atoms with van der Waals surface area (Å²) in [6.07, 6.45) is 2.52. The maximum Gasteiger partial charge on any atom is 0.353 e. The van der Waals surface area contributed by atoms with E-state index in [-0.39, 0.29) is 11.6 Å². The average molecular weight is 460 g/mol. The Hall–Kier alpha value is -3.88. The van der Waals surface area contributed by atoms with E-state index in [0.29, 0.717) is 43.4 Å². The number of hydrogen-bond acceptors (Lipinski definition) is 6. The molecule has 0 atom stereocenters. The molecule has 4 aromatic rings. The van der Waals surface area contributed by atoms with Crippen molar-refractivity contribution in [3.8, 4) is 22.5 Å². The minimum absolute atomic E-state index is 0.258. The van der Waals surface area contributed by atoms with Crippen molar-refractivity contribution in [3.63, 3.8) is 0 Å². The van der Waals surface area contributed by atoms with Crippen molar-refractivity contribution >= 4 is 5.91 Å². The van der Waals surface area contributed by atoms with Gasteiger partial charge in [0.2, 0.25) is 0 Å². The number of benzene rings is 2. The Bertz CT molecular complexity index is 1300. The summed E-state index contributed by atoms with van der Waals surface area (Å²) in [7, 11) is 0. The van der Waals surface area contributed by atoms with E-state index in [4.69, 9.17) is 0 Å². The number of aromatic nitrogens is 7. The van der Waals surface area contributed by atoms with Crippen LogP contribution in [0.4, 0.5) is 0 Å². The van der Waals surface area contributed by atoms with Crippen LogP contribution >= 0.6 is 0 Å². The van der Waals surface area contributed by atoms with E-state index in [0.717, 1.165) is 33.4 Å². The largest absolute Gasteiger partial charge is 0.353 e. The van der Waals surface area contributed by atoms with E-state index in [2.05, 4.69) is 39.6 Å². The van der Waals surface area contributed by atoms with Crippen LogP contribution in [0, 0.1) is 5.92 Å². The molecular weight excluding hydrogens is 430 g/mol. The van der Waals surface area contributed by atoms with Gasteiger partial charge in [-0.05, 0) is 45.9 Å². The number of aryl methyl sites for hydroxylation is 1. The standard InChI is InChI=1S/C25H29N7O2/c1-4-7-23(33)32-25(34)31(22(28-32)15-10-17(2)3)16-18-11-13-19(14-12-18)20-8-5-6-9-21(20)24-26-29-30-27-24/h5-6,8-9,11-14,17H,4,7,10,15-16H2,1-3H3,(H,26,27,29,30). The Morgan fingerprint density at radius 2 is 1.79 bits per heavy atom. The zero-order chi connectivity index (χ0) is 24.1. The average Bonchev–Trinajstić information content (AvgIpc) is 3.48. The van der Waals surface area contributed by atoms with Crippen LogP contribution in [-0.2, 0) is 13.0 Å². The number of H-pyrrole nitrogens is 1. The summed E-state index contributed by atoms with van der Waals surface area (Å²) in [5, 5.41) is 18.6. The van der Waals surface area contributed by atoms with E-state index >= 15 is 0 Å². The fraction of sp³-hybridized carbons (Fsp3) is 0.360. The second kappa shape index (κ2) is 10.4. The first kappa shape index (κ1) is 23.3. The topological polar surface area (TPSA) is 111 Å². The van der Waals surface area contributed by atoms with Crippen molar-refractivity contribution in [1.29, 1.82) is 0 Å². The molecule has 0 unspecified atom stereocenters. The van der Waals surface area contributed by atoms with E-state index < -0.39 is 0 Å². The molecule has 0 amide bonds. The number of nitrogens with zero attached hydrogens (tertiary/aromatic N) is 6. The molecule has 4 rings (SSSR count). The van der Waals surface area contributed by atoms with E-state index in [9.17, 15) is 9.59 Å². The summed E-state index contributed by atoms with van der Waals surface area (Å²) in [5.41, 5.74) is 3.50. The number of aromatic amines is 1. The lowest BCUT2D eigenvalue weighted by Crippen LogP contribution is -2.30. The van der Waals surface area contributed by atoms with Crippen LogP contribution in [0.3, 0.4) is 0 Å². The SMILES string of the molecule is CCCC(=O)n1nc(CCC(C)C)n(Cc2ccc(-c3ccccc3-c3nnn[nH]3)cc2)c1=O. The van der Waals surface area contributed by atoms with Crippen LogP contribution in [0.25, 0.3) is 22.5 Å². The molecule has 0 bridgehead atoms. The van der Waals surface area contributed by atoms with Gasteiger partial charge >= 0.3 is 5.69 Å². The summed E-state index contributed by atoms with van der Waals surface area (Å²) in [6.45, 7) is 6.54. The van der Waals surface area contributed by atoms with Crippen LogP contribution in [0.5, 0.6) is 0 Å².